The van der Waals surface area contributed by atoms with Crippen LogP contribution in [0.1, 0.15) is 32.1 Å². The van der Waals surface area contributed by atoms with E-state index in [1.54, 1.807) is 28.0 Å². The standard InChI is InChI=1S/C28H28BrFN8O2/c1-36-9-6-28(26(36)40)7-10-37(15-28)25(39)17-4-5-18(11-17)33-27-32-14-20-23(29)35-38(24(20)34-27)19-12-16-3-2-8-31-22(16)21(30)13-19/h2-3,8,12-14,17-18H,4-7,9-11,15H2,1H3,(H,32,33,34)/t17-,18-,28?/m1/s1. The number of anilines is 1. The minimum absolute atomic E-state index is 0.0474. The first kappa shape index (κ1) is 25.3. The van der Waals surface area contributed by atoms with E-state index in [2.05, 4.69) is 36.3 Å². The van der Waals surface area contributed by atoms with E-state index in [1.807, 2.05) is 24.1 Å². The Morgan fingerprint density at radius 3 is 2.88 bits per heavy atom. The molecule has 4 aromatic rings. The highest BCUT2D eigenvalue weighted by Crippen LogP contribution is 2.41. The molecular formula is C28H28BrFN8O2. The highest BCUT2D eigenvalue weighted by Gasteiger charge is 2.51. The first-order chi connectivity index (χ1) is 19.3. The molecule has 1 aliphatic carbocycles. The van der Waals surface area contributed by atoms with Crippen LogP contribution < -0.4 is 5.32 Å². The van der Waals surface area contributed by atoms with Crippen molar-refractivity contribution in [1.82, 2.24) is 34.5 Å². The molecule has 7 rings (SSSR count). The molecule has 10 nitrogen and oxygen atoms in total. The number of hydrogen-bond donors (Lipinski definition) is 1. The van der Waals surface area contributed by atoms with E-state index in [0.717, 1.165) is 32.2 Å². The number of aromatic nitrogens is 5. The number of carbonyl (C=O) groups excluding carboxylic acids is 2. The Morgan fingerprint density at radius 1 is 1.20 bits per heavy atom. The molecule has 3 fully saturated rings. The van der Waals surface area contributed by atoms with Gasteiger partial charge in [0.1, 0.15) is 10.1 Å². The number of pyridine rings is 1. The van der Waals surface area contributed by atoms with Crippen LogP contribution in [0.15, 0.2) is 41.3 Å². The zero-order valence-electron chi connectivity index (χ0n) is 22.0. The summed E-state index contributed by atoms with van der Waals surface area (Å²) in [6, 6.07) is 6.84. The second-order valence-corrected chi connectivity index (χ2v) is 12.0. The van der Waals surface area contributed by atoms with Crippen molar-refractivity contribution in [3.05, 3.63) is 47.1 Å². The van der Waals surface area contributed by atoms with E-state index in [9.17, 15) is 14.0 Å². The monoisotopic (exact) mass is 606 g/mol. The van der Waals surface area contributed by atoms with E-state index in [4.69, 9.17) is 4.98 Å². The van der Waals surface area contributed by atoms with Crippen molar-refractivity contribution >= 4 is 55.6 Å². The molecule has 1 aromatic carbocycles. The lowest BCUT2D eigenvalue weighted by molar-refractivity contribution is -0.137. The molecule has 1 N–H and O–H groups in total. The topological polar surface area (TPSA) is 109 Å². The summed E-state index contributed by atoms with van der Waals surface area (Å²) in [4.78, 5) is 43.1. The molecule has 12 heteroatoms. The second-order valence-electron chi connectivity index (χ2n) is 11.3. The molecule has 0 bridgehead atoms. The van der Waals surface area contributed by atoms with Crippen LogP contribution in [0, 0.1) is 17.2 Å². The number of halogens is 2. The third kappa shape index (κ3) is 4.11. The lowest BCUT2D eigenvalue weighted by Crippen LogP contribution is -2.39. The summed E-state index contributed by atoms with van der Waals surface area (Å²) in [6.45, 7) is 1.95. The number of benzene rings is 1. The maximum atomic E-state index is 14.8. The van der Waals surface area contributed by atoms with E-state index in [-0.39, 0.29) is 29.2 Å². The van der Waals surface area contributed by atoms with E-state index in [1.165, 1.54) is 6.07 Å². The number of nitrogens with zero attached hydrogens (tertiary/aromatic N) is 7. The Bertz CT molecular complexity index is 1680. The van der Waals surface area contributed by atoms with Gasteiger partial charge in [-0.2, -0.15) is 10.1 Å². The van der Waals surface area contributed by atoms with Gasteiger partial charge in [-0.05, 0) is 60.2 Å². The molecule has 3 aliphatic rings. The first-order valence-electron chi connectivity index (χ1n) is 13.6. The number of rotatable bonds is 4. The fraction of sp³-hybridized carbons (Fsp3) is 0.429. The summed E-state index contributed by atoms with van der Waals surface area (Å²) in [6.07, 6.45) is 7.13. The number of likely N-dealkylation sites (tertiary alicyclic amines) is 2. The number of nitrogens with one attached hydrogen (secondary N) is 1. The fourth-order valence-electron chi connectivity index (χ4n) is 6.59. The van der Waals surface area contributed by atoms with Gasteiger partial charge in [0.25, 0.3) is 0 Å². The molecule has 40 heavy (non-hydrogen) atoms. The van der Waals surface area contributed by atoms with Crippen molar-refractivity contribution in [3.63, 3.8) is 0 Å². The van der Waals surface area contributed by atoms with Gasteiger partial charge in [-0.25, -0.2) is 14.1 Å². The van der Waals surface area contributed by atoms with Gasteiger partial charge < -0.3 is 15.1 Å². The Kier molecular flexibility index (Phi) is 5.99. The van der Waals surface area contributed by atoms with Crippen molar-refractivity contribution in [2.45, 2.75) is 38.1 Å². The quantitative estimate of drug-likeness (QED) is 0.375. The molecule has 2 aliphatic heterocycles. The average molecular weight is 607 g/mol. The van der Waals surface area contributed by atoms with Crippen LogP contribution in [0.25, 0.3) is 27.6 Å². The van der Waals surface area contributed by atoms with Gasteiger partial charge >= 0.3 is 0 Å². The Labute approximate surface area is 238 Å². The van der Waals surface area contributed by atoms with Crippen LogP contribution in [0.2, 0.25) is 0 Å². The third-order valence-corrected chi connectivity index (χ3v) is 9.36. The minimum Gasteiger partial charge on any atom is -0.351 e. The lowest BCUT2D eigenvalue weighted by Gasteiger charge is -2.24. The lowest BCUT2D eigenvalue weighted by atomic mass is 9.85. The Balaban J connectivity index is 1.08. The molecule has 3 atom stereocenters. The van der Waals surface area contributed by atoms with Crippen molar-refractivity contribution in [2.24, 2.45) is 11.3 Å². The number of hydrogen-bond acceptors (Lipinski definition) is 7. The van der Waals surface area contributed by atoms with E-state index < -0.39 is 5.82 Å². The maximum Gasteiger partial charge on any atom is 0.230 e. The van der Waals surface area contributed by atoms with Crippen LogP contribution in [-0.2, 0) is 9.59 Å². The predicted octanol–water partition coefficient (Wildman–Crippen LogP) is 3.93. The van der Waals surface area contributed by atoms with Gasteiger partial charge in [0.05, 0.1) is 16.5 Å². The third-order valence-electron chi connectivity index (χ3n) is 8.77. The van der Waals surface area contributed by atoms with Crippen molar-refractivity contribution in [1.29, 1.82) is 0 Å². The first-order valence-corrected chi connectivity index (χ1v) is 14.4. The fourth-order valence-corrected chi connectivity index (χ4v) is 7.02. The molecule has 2 amide bonds. The van der Waals surface area contributed by atoms with E-state index in [0.29, 0.717) is 57.7 Å². The zero-order chi connectivity index (χ0) is 27.6. The predicted molar refractivity (Wildman–Crippen MR) is 150 cm³/mol. The normalized spacial score (nSPS) is 24.7. The maximum absolute atomic E-state index is 14.8. The molecule has 1 saturated carbocycles. The Hall–Kier alpha value is -3.67. The summed E-state index contributed by atoms with van der Waals surface area (Å²) in [5.74, 6) is 0.238. The highest BCUT2D eigenvalue weighted by atomic mass is 79.9. The second kappa shape index (κ2) is 9.46. The summed E-state index contributed by atoms with van der Waals surface area (Å²) in [5.41, 5.74) is 0.979. The van der Waals surface area contributed by atoms with Gasteiger partial charge in [-0.15, -0.1) is 0 Å². The summed E-state index contributed by atoms with van der Waals surface area (Å²) >= 11 is 3.48. The van der Waals surface area contributed by atoms with Gasteiger partial charge in [-0.1, -0.05) is 6.07 Å². The molecule has 206 valence electrons. The van der Waals surface area contributed by atoms with Crippen molar-refractivity contribution in [3.8, 4) is 5.69 Å². The van der Waals surface area contributed by atoms with Crippen LogP contribution in [0.4, 0.5) is 10.3 Å². The summed E-state index contributed by atoms with van der Waals surface area (Å²) < 4.78 is 17.0. The van der Waals surface area contributed by atoms with Crippen molar-refractivity contribution in [2.75, 3.05) is 32.0 Å². The SMILES string of the molecule is CN1CCC2(CCN(C(=O)[C@@H]3CC[C@@H](Nc4ncc5c(Br)nn(-c6cc(F)c7ncccc7c6)c5n4)C3)C2)C1=O. The molecule has 0 radical (unpaired) electrons. The summed E-state index contributed by atoms with van der Waals surface area (Å²) in [7, 11) is 1.84. The van der Waals surface area contributed by atoms with Gasteiger partial charge in [0, 0.05) is 62.5 Å². The number of amides is 2. The number of carbonyl (C=O) groups is 2. The molecule has 3 aromatic heterocycles. The number of fused-ring (bicyclic) bond motifs is 2. The molecule has 5 heterocycles. The van der Waals surface area contributed by atoms with Gasteiger partial charge in [-0.3, -0.25) is 14.6 Å². The molecular weight excluding hydrogens is 579 g/mol. The van der Waals surface area contributed by atoms with Crippen LogP contribution in [0.3, 0.4) is 0 Å². The van der Waals surface area contributed by atoms with Gasteiger partial charge in [0.2, 0.25) is 17.8 Å². The highest BCUT2D eigenvalue weighted by molar-refractivity contribution is 9.10. The van der Waals surface area contributed by atoms with Crippen LogP contribution >= 0.6 is 15.9 Å². The largest absolute Gasteiger partial charge is 0.351 e. The van der Waals surface area contributed by atoms with Crippen LogP contribution in [-0.4, -0.2) is 79.1 Å². The molecule has 1 spiro atoms. The summed E-state index contributed by atoms with van der Waals surface area (Å²) in [5, 5.41) is 9.31. The van der Waals surface area contributed by atoms with Crippen LogP contribution in [0.5, 0.6) is 0 Å². The Morgan fingerprint density at radius 2 is 2.05 bits per heavy atom. The molecule has 2 saturated heterocycles. The molecule has 1 unspecified atom stereocenters. The zero-order valence-corrected chi connectivity index (χ0v) is 23.6. The minimum atomic E-state index is -0.435. The van der Waals surface area contributed by atoms with Gasteiger partial charge in [0.15, 0.2) is 11.5 Å². The van der Waals surface area contributed by atoms with E-state index >= 15 is 0 Å². The average Bonchev–Trinajstić information content (AvgIpc) is 3.73. The van der Waals surface area contributed by atoms with Crippen molar-refractivity contribution < 1.29 is 14.0 Å². The smallest absolute Gasteiger partial charge is 0.230 e.